The Balaban J connectivity index is 1.45. The summed E-state index contributed by atoms with van der Waals surface area (Å²) in [6.45, 7) is 0. The maximum atomic E-state index is 12.9. The predicted octanol–water partition coefficient (Wildman–Crippen LogP) is 5.18. The second kappa shape index (κ2) is 7.96. The van der Waals surface area contributed by atoms with Gasteiger partial charge in [0.1, 0.15) is 5.75 Å². The predicted molar refractivity (Wildman–Crippen MR) is 120 cm³/mol. The van der Waals surface area contributed by atoms with E-state index in [1.54, 1.807) is 22.6 Å². The lowest BCUT2D eigenvalue weighted by atomic mass is 10.1. The molecule has 0 spiro atoms. The van der Waals surface area contributed by atoms with Gasteiger partial charge in [0.05, 0.1) is 26.1 Å². The van der Waals surface area contributed by atoms with Crippen LogP contribution in [0.25, 0.3) is 22.1 Å². The van der Waals surface area contributed by atoms with Gasteiger partial charge in [-0.2, -0.15) is 13.2 Å². The maximum Gasteiger partial charge on any atom is 0.416 e. The third kappa shape index (κ3) is 3.86. The molecule has 0 saturated carbocycles. The van der Waals surface area contributed by atoms with E-state index in [9.17, 15) is 28.1 Å². The van der Waals surface area contributed by atoms with Crippen molar-refractivity contribution in [3.05, 3.63) is 103 Å². The Morgan fingerprint density at radius 3 is 2.50 bits per heavy atom. The number of rotatable bonds is 4. The van der Waals surface area contributed by atoms with Gasteiger partial charge >= 0.3 is 11.9 Å². The number of nitro groups is 1. The van der Waals surface area contributed by atoms with Gasteiger partial charge in [0, 0.05) is 6.07 Å². The number of fused-ring (bicyclic) bond motifs is 3. The summed E-state index contributed by atoms with van der Waals surface area (Å²) in [4.78, 5) is 28.2. The van der Waals surface area contributed by atoms with E-state index in [1.165, 1.54) is 23.5 Å². The van der Waals surface area contributed by atoms with Crippen LogP contribution in [0.1, 0.15) is 11.1 Å². The fourth-order valence-electron chi connectivity index (χ4n) is 3.45. The van der Waals surface area contributed by atoms with E-state index in [0.29, 0.717) is 21.1 Å². The fraction of sp³-hybridized carbons (Fsp3) is 0.0435. The number of imidazole rings is 1. The largest absolute Gasteiger partial charge is 0.450 e. The van der Waals surface area contributed by atoms with Crippen molar-refractivity contribution in [2.24, 2.45) is 0 Å². The van der Waals surface area contributed by atoms with Crippen LogP contribution in [-0.2, 0) is 6.18 Å². The number of nitrogens with zero attached hydrogens (tertiary/aromatic N) is 3. The maximum absolute atomic E-state index is 12.9. The Morgan fingerprint density at radius 1 is 1.06 bits per heavy atom. The van der Waals surface area contributed by atoms with E-state index < -0.39 is 22.4 Å². The number of nitro benzene ring substituents is 1. The third-order valence-corrected chi connectivity index (χ3v) is 6.00. The molecule has 34 heavy (non-hydrogen) atoms. The van der Waals surface area contributed by atoms with E-state index in [4.69, 9.17) is 4.74 Å². The zero-order chi connectivity index (χ0) is 24.0. The van der Waals surface area contributed by atoms with Crippen LogP contribution in [0.2, 0.25) is 0 Å². The zero-order valence-corrected chi connectivity index (χ0v) is 17.8. The Hall–Kier alpha value is -4.25. The zero-order valence-electron chi connectivity index (χ0n) is 16.9. The molecule has 2 aromatic heterocycles. The number of hydrogen-bond acceptors (Lipinski definition) is 6. The highest BCUT2D eigenvalue weighted by molar-refractivity contribution is 7.15. The topological polar surface area (TPSA) is 86.7 Å². The van der Waals surface area contributed by atoms with Gasteiger partial charge in [-0.3, -0.25) is 14.9 Å². The lowest BCUT2D eigenvalue weighted by Gasteiger charge is -2.10. The average Bonchev–Trinajstić information content (AvgIpc) is 3.30. The van der Waals surface area contributed by atoms with Crippen LogP contribution in [-0.4, -0.2) is 14.3 Å². The molecule has 11 heteroatoms. The molecule has 0 atom stereocenters. The van der Waals surface area contributed by atoms with E-state index in [-0.39, 0.29) is 17.1 Å². The minimum absolute atomic E-state index is 0.189. The highest BCUT2D eigenvalue weighted by Crippen LogP contribution is 2.37. The Bertz CT molecular complexity index is 1670. The summed E-state index contributed by atoms with van der Waals surface area (Å²) in [7, 11) is 0. The summed E-state index contributed by atoms with van der Waals surface area (Å²) >= 11 is 1.25. The SMILES string of the molecule is O=c1/c(=C/c2ccc(Oc3ccc(C(F)(F)F)cc3[N+](=O)[O-])cc2)sc2nc3ccccc3n12. The van der Waals surface area contributed by atoms with Crippen molar-refractivity contribution in [3.63, 3.8) is 0 Å². The van der Waals surface area contributed by atoms with Crippen LogP contribution < -0.4 is 14.8 Å². The first kappa shape index (κ1) is 21.6. The first-order valence-electron chi connectivity index (χ1n) is 9.76. The molecule has 7 nitrogen and oxygen atoms in total. The summed E-state index contributed by atoms with van der Waals surface area (Å²) in [6, 6.07) is 15.7. The molecule has 0 bridgehead atoms. The molecule has 2 heterocycles. The fourth-order valence-corrected chi connectivity index (χ4v) is 4.43. The van der Waals surface area contributed by atoms with Crippen LogP contribution in [0, 0.1) is 10.1 Å². The Kier molecular flexibility index (Phi) is 5.05. The Labute approximate surface area is 192 Å². The summed E-state index contributed by atoms with van der Waals surface area (Å²) < 4.78 is 46.1. The molecule has 0 amide bonds. The molecular formula is C23H12F3N3O4S. The first-order chi connectivity index (χ1) is 16.2. The van der Waals surface area contributed by atoms with E-state index in [0.717, 1.165) is 23.2 Å². The second-order valence-corrected chi connectivity index (χ2v) is 8.25. The summed E-state index contributed by atoms with van der Waals surface area (Å²) in [6.07, 6.45) is -3.03. The third-order valence-electron chi connectivity index (χ3n) is 5.03. The number of benzene rings is 3. The van der Waals surface area contributed by atoms with Crippen molar-refractivity contribution in [2.75, 3.05) is 0 Å². The lowest BCUT2D eigenvalue weighted by molar-refractivity contribution is -0.385. The minimum atomic E-state index is -4.71. The van der Waals surface area contributed by atoms with E-state index in [2.05, 4.69) is 4.98 Å². The van der Waals surface area contributed by atoms with E-state index >= 15 is 0 Å². The van der Waals surface area contributed by atoms with Crippen LogP contribution >= 0.6 is 11.3 Å². The van der Waals surface area contributed by atoms with Crippen molar-refractivity contribution in [1.82, 2.24) is 9.38 Å². The molecule has 0 unspecified atom stereocenters. The number of alkyl halides is 3. The summed E-state index contributed by atoms with van der Waals surface area (Å²) in [5.41, 5.74) is -0.0123. The molecule has 5 rings (SSSR count). The molecule has 0 saturated heterocycles. The van der Waals surface area contributed by atoms with Gasteiger partial charge in [-0.25, -0.2) is 9.38 Å². The molecule has 0 aliphatic carbocycles. The van der Waals surface area contributed by atoms with Crippen LogP contribution in [0.4, 0.5) is 18.9 Å². The molecule has 0 fully saturated rings. The van der Waals surface area contributed by atoms with Crippen molar-refractivity contribution >= 4 is 39.1 Å². The molecule has 5 aromatic rings. The van der Waals surface area contributed by atoms with Crippen molar-refractivity contribution in [3.8, 4) is 11.5 Å². The molecular weight excluding hydrogens is 471 g/mol. The quantitative estimate of drug-likeness (QED) is 0.260. The second-order valence-electron chi connectivity index (χ2n) is 7.24. The van der Waals surface area contributed by atoms with Crippen LogP contribution in [0.15, 0.2) is 71.5 Å². The number of hydrogen-bond donors (Lipinski definition) is 0. The molecule has 0 aliphatic heterocycles. The van der Waals surface area contributed by atoms with Crippen molar-refractivity contribution in [1.29, 1.82) is 0 Å². The standard InChI is InChI=1S/C23H12F3N3O4S/c24-23(25,26)14-7-10-19(18(12-14)29(31)32)33-15-8-5-13(6-9-15)11-20-21(30)28-17-4-2-1-3-16(17)27-22(28)34-20/h1-12H/b20-11-. The van der Waals surface area contributed by atoms with E-state index in [1.807, 2.05) is 24.3 Å². The van der Waals surface area contributed by atoms with Crippen molar-refractivity contribution < 1.29 is 22.8 Å². The number of ether oxygens (including phenoxy) is 1. The molecule has 0 N–H and O–H groups in total. The lowest BCUT2D eigenvalue weighted by Crippen LogP contribution is -2.22. The number of para-hydroxylation sites is 2. The van der Waals surface area contributed by atoms with Gasteiger partial charge in [-0.1, -0.05) is 35.6 Å². The van der Waals surface area contributed by atoms with Gasteiger partial charge in [-0.15, -0.1) is 0 Å². The van der Waals surface area contributed by atoms with Gasteiger partial charge in [0.25, 0.3) is 5.56 Å². The Morgan fingerprint density at radius 2 is 1.79 bits per heavy atom. The van der Waals surface area contributed by atoms with Crippen molar-refractivity contribution in [2.45, 2.75) is 6.18 Å². The van der Waals surface area contributed by atoms with Crippen LogP contribution in [0.3, 0.4) is 0 Å². The molecule has 0 aliphatic rings. The number of halogens is 3. The number of aromatic nitrogens is 2. The number of thiazole rings is 1. The first-order valence-corrected chi connectivity index (χ1v) is 10.6. The van der Waals surface area contributed by atoms with Gasteiger partial charge in [0.15, 0.2) is 4.96 Å². The summed E-state index contributed by atoms with van der Waals surface area (Å²) in [5, 5.41) is 11.2. The summed E-state index contributed by atoms with van der Waals surface area (Å²) in [5.74, 6) is -0.128. The average molecular weight is 483 g/mol. The van der Waals surface area contributed by atoms with Crippen LogP contribution in [0.5, 0.6) is 11.5 Å². The normalized spacial score (nSPS) is 12.5. The van der Waals surface area contributed by atoms with Gasteiger partial charge in [0.2, 0.25) is 5.75 Å². The highest BCUT2D eigenvalue weighted by Gasteiger charge is 2.33. The van der Waals surface area contributed by atoms with Gasteiger partial charge < -0.3 is 4.74 Å². The highest BCUT2D eigenvalue weighted by atomic mass is 32.1. The molecule has 0 radical (unpaired) electrons. The molecule has 170 valence electrons. The monoisotopic (exact) mass is 483 g/mol. The van der Waals surface area contributed by atoms with Gasteiger partial charge in [-0.05, 0) is 48.0 Å². The molecule has 3 aromatic carbocycles. The smallest absolute Gasteiger partial charge is 0.416 e. The minimum Gasteiger partial charge on any atom is -0.450 e.